The fraction of sp³-hybridized carbons (Fsp3) is 0.222. The molecule has 0 fully saturated rings. The van der Waals surface area contributed by atoms with Crippen molar-refractivity contribution in [1.82, 2.24) is 10.2 Å². The van der Waals surface area contributed by atoms with Gasteiger partial charge >= 0.3 is 0 Å². The van der Waals surface area contributed by atoms with Crippen LogP contribution in [0.4, 0.5) is 0 Å². The zero-order valence-corrected chi connectivity index (χ0v) is 13.6. The number of aryl methyl sites for hydroxylation is 2. The van der Waals surface area contributed by atoms with Gasteiger partial charge in [0.1, 0.15) is 0 Å². The van der Waals surface area contributed by atoms with Gasteiger partial charge in [0.25, 0.3) is 5.22 Å². The van der Waals surface area contributed by atoms with Gasteiger partial charge in [0.05, 0.1) is 6.42 Å². The molecule has 0 bridgehead atoms. The fourth-order valence-corrected chi connectivity index (χ4v) is 3.02. The Morgan fingerprint density at radius 2 is 1.73 bits per heavy atom. The summed E-state index contributed by atoms with van der Waals surface area (Å²) in [6.07, 6.45) is 0.679. The Balaban J connectivity index is 1.61. The quantitative estimate of drug-likeness (QED) is 0.647. The first kappa shape index (κ1) is 14.9. The lowest BCUT2D eigenvalue weighted by molar-refractivity contribution is 0.420. The number of rotatable bonds is 5. The Morgan fingerprint density at radius 1 is 0.955 bits per heavy atom. The largest absolute Gasteiger partial charge is 0.416 e. The summed E-state index contributed by atoms with van der Waals surface area (Å²) in [6.45, 7) is 4.20. The van der Waals surface area contributed by atoms with Crippen LogP contribution in [0.3, 0.4) is 0 Å². The third kappa shape index (κ3) is 3.77. The van der Waals surface area contributed by atoms with E-state index >= 15 is 0 Å². The van der Waals surface area contributed by atoms with Crippen molar-refractivity contribution in [2.24, 2.45) is 0 Å². The highest BCUT2D eigenvalue weighted by atomic mass is 32.2. The summed E-state index contributed by atoms with van der Waals surface area (Å²) in [5.74, 6) is 1.51. The molecule has 0 saturated carbocycles. The van der Waals surface area contributed by atoms with Crippen molar-refractivity contribution in [3.63, 3.8) is 0 Å². The van der Waals surface area contributed by atoms with Crippen molar-refractivity contribution in [3.8, 4) is 0 Å². The average Bonchev–Trinajstić information content (AvgIpc) is 2.96. The molecule has 4 heteroatoms. The highest BCUT2D eigenvalue weighted by Gasteiger charge is 2.08. The Kier molecular flexibility index (Phi) is 4.59. The smallest absolute Gasteiger partial charge is 0.276 e. The molecule has 3 nitrogen and oxygen atoms in total. The summed E-state index contributed by atoms with van der Waals surface area (Å²) in [4.78, 5) is 0. The summed E-state index contributed by atoms with van der Waals surface area (Å²) in [5, 5.41) is 8.88. The van der Waals surface area contributed by atoms with Gasteiger partial charge in [-0.15, -0.1) is 10.2 Å². The first-order valence-corrected chi connectivity index (χ1v) is 8.24. The van der Waals surface area contributed by atoms with E-state index in [4.69, 9.17) is 4.42 Å². The zero-order chi connectivity index (χ0) is 15.4. The Hall–Kier alpha value is -2.07. The molecule has 0 aliphatic carbocycles. The Bertz CT molecular complexity index is 750. The number of nitrogens with zero attached hydrogens (tertiary/aromatic N) is 2. The summed E-state index contributed by atoms with van der Waals surface area (Å²) in [5.41, 5.74) is 5.02. The highest BCUT2D eigenvalue weighted by molar-refractivity contribution is 7.98. The molecule has 2 aromatic carbocycles. The van der Waals surface area contributed by atoms with E-state index in [1.54, 1.807) is 11.8 Å². The van der Waals surface area contributed by atoms with Crippen molar-refractivity contribution < 1.29 is 4.42 Å². The molecule has 0 aliphatic heterocycles. The van der Waals surface area contributed by atoms with Crippen molar-refractivity contribution in [2.75, 3.05) is 0 Å². The van der Waals surface area contributed by atoms with Crippen molar-refractivity contribution >= 4 is 11.8 Å². The van der Waals surface area contributed by atoms with Gasteiger partial charge in [-0.1, -0.05) is 65.9 Å². The highest BCUT2D eigenvalue weighted by Crippen LogP contribution is 2.23. The minimum atomic E-state index is 0.630. The number of aromatic nitrogens is 2. The predicted molar refractivity (Wildman–Crippen MR) is 89.0 cm³/mol. The predicted octanol–water partition coefficient (Wildman–Crippen LogP) is 4.57. The van der Waals surface area contributed by atoms with Crippen LogP contribution in [-0.2, 0) is 12.2 Å². The minimum Gasteiger partial charge on any atom is -0.416 e. The lowest BCUT2D eigenvalue weighted by Crippen LogP contribution is -1.88. The maximum Gasteiger partial charge on any atom is 0.276 e. The van der Waals surface area contributed by atoms with Crippen LogP contribution in [0.25, 0.3) is 0 Å². The van der Waals surface area contributed by atoms with Crippen molar-refractivity contribution in [2.45, 2.75) is 31.2 Å². The van der Waals surface area contributed by atoms with Crippen LogP contribution in [0.1, 0.15) is 28.1 Å². The third-order valence-corrected chi connectivity index (χ3v) is 4.40. The Morgan fingerprint density at radius 3 is 2.50 bits per heavy atom. The van der Waals surface area contributed by atoms with Crippen LogP contribution in [0.5, 0.6) is 0 Å². The minimum absolute atomic E-state index is 0.630. The second-order valence-electron chi connectivity index (χ2n) is 5.34. The van der Waals surface area contributed by atoms with E-state index in [-0.39, 0.29) is 0 Å². The van der Waals surface area contributed by atoms with Crippen molar-refractivity contribution in [3.05, 3.63) is 76.7 Å². The average molecular weight is 310 g/mol. The molecule has 3 aromatic rings. The zero-order valence-electron chi connectivity index (χ0n) is 12.7. The third-order valence-electron chi connectivity index (χ3n) is 3.54. The first-order chi connectivity index (χ1) is 10.7. The fourth-order valence-electron chi connectivity index (χ4n) is 2.16. The van der Waals surface area contributed by atoms with Gasteiger partial charge in [-0.3, -0.25) is 0 Å². The normalized spacial score (nSPS) is 10.8. The van der Waals surface area contributed by atoms with Crippen molar-refractivity contribution in [1.29, 1.82) is 0 Å². The van der Waals surface area contributed by atoms with Crippen LogP contribution in [-0.4, -0.2) is 10.2 Å². The van der Waals surface area contributed by atoms with Crippen LogP contribution >= 0.6 is 11.8 Å². The molecule has 0 unspecified atom stereocenters. The van der Waals surface area contributed by atoms with Crippen LogP contribution in [0, 0.1) is 13.8 Å². The van der Waals surface area contributed by atoms with E-state index in [0.717, 1.165) is 5.75 Å². The number of hydrogen-bond donors (Lipinski definition) is 0. The van der Waals surface area contributed by atoms with Gasteiger partial charge in [0.2, 0.25) is 5.89 Å². The van der Waals surface area contributed by atoms with E-state index in [0.29, 0.717) is 17.5 Å². The SMILES string of the molecule is Cc1ccc(Cc2nnc(SCc3ccccc3C)o2)cc1. The maximum absolute atomic E-state index is 5.72. The standard InChI is InChI=1S/C18H18N2OS/c1-13-7-9-15(10-8-13)11-17-19-20-18(21-17)22-12-16-6-4-3-5-14(16)2/h3-10H,11-12H2,1-2H3. The van der Waals surface area contributed by atoms with Gasteiger partial charge < -0.3 is 4.42 Å². The summed E-state index contributed by atoms with van der Waals surface area (Å²) in [7, 11) is 0. The molecule has 3 rings (SSSR count). The van der Waals surface area contributed by atoms with Gasteiger partial charge in [-0.05, 0) is 30.5 Å². The first-order valence-electron chi connectivity index (χ1n) is 7.26. The topological polar surface area (TPSA) is 38.9 Å². The lowest BCUT2D eigenvalue weighted by atomic mass is 10.1. The Labute approximate surface area is 134 Å². The maximum atomic E-state index is 5.72. The van der Waals surface area contributed by atoms with Gasteiger partial charge in [-0.2, -0.15) is 0 Å². The van der Waals surface area contributed by atoms with E-state index in [1.165, 1.54) is 22.3 Å². The molecule has 0 amide bonds. The molecule has 0 aliphatic rings. The molecule has 1 aromatic heterocycles. The monoisotopic (exact) mass is 310 g/mol. The molecular weight excluding hydrogens is 292 g/mol. The van der Waals surface area contributed by atoms with E-state index in [2.05, 4.69) is 72.6 Å². The number of benzene rings is 2. The molecular formula is C18H18N2OS. The molecule has 1 heterocycles. The molecule has 0 spiro atoms. The summed E-state index contributed by atoms with van der Waals surface area (Å²) in [6, 6.07) is 16.7. The summed E-state index contributed by atoms with van der Waals surface area (Å²) < 4.78 is 5.72. The molecule has 0 N–H and O–H groups in total. The van der Waals surface area contributed by atoms with Gasteiger partial charge in [0, 0.05) is 5.75 Å². The molecule has 0 atom stereocenters. The van der Waals surface area contributed by atoms with Crippen LogP contribution in [0.2, 0.25) is 0 Å². The molecule has 112 valence electrons. The summed E-state index contributed by atoms with van der Waals surface area (Å²) >= 11 is 1.58. The van der Waals surface area contributed by atoms with Gasteiger partial charge in [-0.25, -0.2) is 0 Å². The number of thioether (sulfide) groups is 1. The van der Waals surface area contributed by atoms with Gasteiger partial charge in [0.15, 0.2) is 0 Å². The second-order valence-corrected chi connectivity index (χ2v) is 6.27. The van der Waals surface area contributed by atoms with Crippen LogP contribution < -0.4 is 0 Å². The lowest BCUT2D eigenvalue weighted by Gasteiger charge is -2.02. The molecule has 0 radical (unpaired) electrons. The second kappa shape index (κ2) is 6.79. The van der Waals surface area contributed by atoms with E-state index in [9.17, 15) is 0 Å². The van der Waals surface area contributed by atoms with E-state index in [1.807, 2.05) is 0 Å². The van der Waals surface area contributed by atoms with E-state index < -0.39 is 0 Å². The number of hydrogen-bond acceptors (Lipinski definition) is 4. The molecule has 22 heavy (non-hydrogen) atoms. The molecule has 0 saturated heterocycles. The van der Waals surface area contributed by atoms with Crippen LogP contribution in [0.15, 0.2) is 58.2 Å².